The molecule has 0 saturated carbocycles. The Labute approximate surface area is 159 Å². The summed E-state index contributed by atoms with van der Waals surface area (Å²) in [6.07, 6.45) is -0.454. The summed E-state index contributed by atoms with van der Waals surface area (Å²) in [5, 5.41) is 11.8. The van der Waals surface area contributed by atoms with Crippen LogP contribution in [0.5, 0.6) is 0 Å². The van der Waals surface area contributed by atoms with Crippen LogP contribution in [0.25, 0.3) is 0 Å². The van der Waals surface area contributed by atoms with Crippen LogP contribution in [0.4, 0.5) is 14.5 Å². The van der Waals surface area contributed by atoms with Gasteiger partial charge in [-0.15, -0.1) is 0 Å². The van der Waals surface area contributed by atoms with Gasteiger partial charge < -0.3 is 15.3 Å². The molecule has 3 rings (SSSR count). The quantitative estimate of drug-likeness (QED) is 0.797. The monoisotopic (exact) mass is 388 g/mol. The van der Waals surface area contributed by atoms with Crippen molar-refractivity contribution in [1.82, 2.24) is 5.32 Å². The number of carbonyl (C=O) groups is 3. The Hall–Kier alpha value is -3.29. The molecule has 1 saturated heterocycles. The van der Waals surface area contributed by atoms with Crippen LogP contribution in [0.2, 0.25) is 0 Å². The third kappa shape index (κ3) is 4.33. The fourth-order valence-electron chi connectivity index (χ4n) is 3.22. The number of nitrogens with one attached hydrogen (secondary N) is 1. The van der Waals surface area contributed by atoms with Crippen molar-refractivity contribution < 1.29 is 28.3 Å². The second kappa shape index (κ2) is 8.16. The number of hydrogen-bond donors (Lipinski definition) is 2. The number of halogens is 2. The first-order valence-corrected chi connectivity index (χ1v) is 8.67. The Balaban J connectivity index is 1.73. The first kappa shape index (κ1) is 19.5. The number of aliphatic carboxylic acids is 1. The molecule has 2 aromatic rings. The Morgan fingerprint density at radius 3 is 2.54 bits per heavy atom. The van der Waals surface area contributed by atoms with Crippen molar-refractivity contribution in [2.45, 2.75) is 18.9 Å². The van der Waals surface area contributed by atoms with Crippen molar-refractivity contribution in [2.24, 2.45) is 5.92 Å². The van der Waals surface area contributed by atoms with Crippen LogP contribution in [-0.4, -0.2) is 29.4 Å². The lowest BCUT2D eigenvalue weighted by Crippen LogP contribution is -2.36. The minimum Gasteiger partial charge on any atom is -0.481 e. The van der Waals surface area contributed by atoms with E-state index in [1.807, 2.05) is 0 Å². The van der Waals surface area contributed by atoms with Crippen LogP contribution in [-0.2, 0) is 14.4 Å². The van der Waals surface area contributed by atoms with Gasteiger partial charge in [-0.1, -0.05) is 30.3 Å². The largest absolute Gasteiger partial charge is 0.481 e. The van der Waals surface area contributed by atoms with Crippen molar-refractivity contribution in [3.05, 3.63) is 65.7 Å². The summed E-state index contributed by atoms with van der Waals surface area (Å²) in [5.74, 6) is -4.44. The predicted octanol–water partition coefficient (Wildman–Crippen LogP) is 2.65. The van der Waals surface area contributed by atoms with Gasteiger partial charge in [-0.25, -0.2) is 8.78 Å². The van der Waals surface area contributed by atoms with E-state index < -0.39 is 41.4 Å². The van der Waals surface area contributed by atoms with E-state index in [0.29, 0.717) is 11.6 Å². The molecule has 8 heteroatoms. The number of carboxylic acid groups (broad SMARTS) is 1. The number of carbonyl (C=O) groups excluding carboxylic acids is 2. The highest BCUT2D eigenvalue weighted by Crippen LogP contribution is 2.28. The Kier molecular flexibility index (Phi) is 5.67. The van der Waals surface area contributed by atoms with Crippen molar-refractivity contribution in [3.63, 3.8) is 0 Å². The average Bonchev–Trinajstić information content (AvgIpc) is 3.03. The average molecular weight is 388 g/mol. The third-order valence-electron chi connectivity index (χ3n) is 4.59. The number of hydrogen-bond acceptors (Lipinski definition) is 3. The van der Waals surface area contributed by atoms with E-state index in [1.54, 1.807) is 30.3 Å². The minimum atomic E-state index is -1.08. The number of anilines is 1. The van der Waals surface area contributed by atoms with Crippen molar-refractivity contribution in [2.75, 3.05) is 11.4 Å². The Bertz CT molecular complexity index is 904. The molecule has 0 aromatic heterocycles. The maximum Gasteiger partial charge on any atom is 0.305 e. The second-order valence-corrected chi connectivity index (χ2v) is 6.57. The predicted molar refractivity (Wildman–Crippen MR) is 96.4 cm³/mol. The first-order valence-electron chi connectivity index (χ1n) is 8.67. The molecule has 0 bridgehead atoms. The molecule has 1 aliphatic rings. The van der Waals surface area contributed by atoms with Gasteiger partial charge >= 0.3 is 5.97 Å². The molecule has 2 amide bonds. The van der Waals surface area contributed by atoms with Crippen LogP contribution in [0.1, 0.15) is 24.4 Å². The number of amides is 2. The van der Waals surface area contributed by atoms with Crippen molar-refractivity contribution in [1.29, 1.82) is 0 Å². The zero-order valence-electron chi connectivity index (χ0n) is 14.8. The van der Waals surface area contributed by atoms with E-state index in [2.05, 4.69) is 5.32 Å². The summed E-state index contributed by atoms with van der Waals surface area (Å²) >= 11 is 0. The molecule has 1 heterocycles. The summed E-state index contributed by atoms with van der Waals surface area (Å²) in [5.41, 5.74) is 0.538. The zero-order valence-corrected chi connectivity index (χ0v) is 14.8. The van der Waals surface area contributed by atoms with E-state index in [9.17, 15) is 23.2 Å². The lowest BCUT2D eigenvalue weighted by molar-refractivity contribution is -0.138. The SMILES string of the molecule is O=C(O)CC(NC(=O)C1CC(=O)N(c2ccc(F)cc2F)C1)c1ccccc1. The number of carboxylic acids is 1. The van der Waals surface area contributed by atoms with Crippen molar-refractivity contribution >= 4 is 23.5 Å². The third-order valence-corrected chi connectivity index (χ3v) is 4.59. The molecular weight excluding hydrogens is 370 g/mol. The number of benzene rings is 2. The van der Waals surface area contributed by atoms with E-state index in [1.165, 1.54) is 0 Å². The minimum absolute atomic E-state index is 0.0677. The van der Waals surface area contributed by atoms with E-state index in [0.717, 1.165) is 17.0 Å². The van der Waals surface area contributed by atoms with Crippen LogP contribution < -0.4 is 10.2 Å². The summed E-state index contributed by atoms with van der Waals surface area (Å²) in [4.78, 5) is 37.1. The Morgan fingerprint density at radius 2 is 1.89 bits per heavy atom. The van der Waals surface area contributed by atoms with Crippen LogP contribution in [0, 0.1) is 17.6 Å². The lowest BCUT2D eigenvalue weighted by atomic mass is 10.0. The highest BCUT2D eigenvalue weighted by atomic mass is 19.1. The van der Waals surface area contributed by atoms with Crippen LogP contribution in [0.3, 0.4) is 0 Å². The topological polar surface area (TPSA) is 86.7 Å². The lowest BCUT2D eigenvalue weighted by Gasteiger charge is -2.20. The van der Waals surface area contributed by atoms with Crippen LogP contribution >= 0.6 is 0 Å². The highest BCUT2D eigenvalue weighted by Gasteiger charge is 2.37. The summed E-state index contributed by atoms with van der Waals surface area (Å²) in [7, 11) is 0. The molecule has 1 fully saturated rings. The van der Waals surface area contributed by atoms with Gasteiger partial charge in [0.05, 0.1) is 24.1 Å². The maximum atomic E-state index is 14.0. The molecule has 1 aliphatic heterocycles. The van der Waals surface area contributed by atoms with E-state index >= 15 is 0 Å². The van der Waals surface area contributed by atoms with Gasteiger partial charge in [-0.05, 0) is 17.7 Å². The molecule has 28 heavy (non-hydrogen) atoms. The normalized spacial score (nSPS) is 17.4. The molecule has 0 spiro atoms. The molecule has 2 aromatic carbocycles. The fraction of sp³-hybridized carbons (Fsp3) is 0.250. The molecular formula is C20H18F2N2O4. The maximum absolute atomic E-state index is 14.0. The molecule has 2 unspecified atom stereocenters. The van der Waals surface area contributed by atoms with Gasteiger partial charge in [-0.2, -0.15) is 0 Å². The second-order valence-electron chi connectivity index (χ2n) is 6.57. The molecule has 2 atom stereocenters. The van der Waals surface area contributed by atoms with Gasteiger partial charge in [0.25, 0.3) is 0 Å². The van der Waals surface area contributed by atoms with E-state index in [-0.39, 0.29) is 25.1 Å². The van der Waals surface area contributed by atoms with Gasteiger partial charge in [0, 0.05) is 19.0 Å². The standard InChI is InChI=1S/C20H18F2N2O4/c21-14-6-7-17(15(22)9-14)24-11-13(8-18(24)25)20(28)23-16(10-19(26)27)12-4-2-1-3-5-12/h1-7,9,13,16H,8,10-11H2,(H,23,28)(H,26,27). The summed E-state index contributed by atoms with van der Waals surface area (Å²) in [6.45, 7) is -0.0677. The Morgan fingerprint density at radius 1 is 1.18 bits per heavy atom. The number of rotatable bonds is 6. The molecule has 6 nitrogen and oxygen atoms in total. The van der Waals surface area contributed by atoms with Gasteiger partial charge in [0.2, 0.25) is 11.8 Å². The first-order chi connectivity index (χ1) is 13.3. The van der Waals surface area contributed by atoms with E-state index in [4.69, 9.17) is 5.11 Å². The fourth-order valence-corrected chi connectivity index (χ4v) is 3.22. The smallest absolute Gasteiger partial charge is 0.305 e. The highest BCUT2D eigenvalue weighted by molar-refractivity contribution is 6.00. The summed E-state index contributed by atoms with van der Waals surface area (Å²) < 4.78 is 27.1. The number of nitrogens with zero attached hydrogens (tertiary/aromatic N) is 1. The van der Waals surface area contributed by atoms with Crippen molar-refractivity contribution in [3.8, 4) is 0 Å². The van der Waals surface area contributed by atoms with Crippen LogP contribution in [0.15, 0.2) is 48.5 Å². The molecule has 146 valence electrons. The summed E-state index contributed by atoms with van der Waals surface area (Å²) in [6, 6.07) is 10.8. The molecule has 0 radical (unpaired) electrons. The molecule has 0 aliphatic carbocycles. The zero-order chi connectivity index (χ0) is 20.3. The van der Waals surface area contributed by atoms with Gasteiger partial charge in [-0.3, -0.25) is 14.4 Å². The molecule has 2 N–H and O–H groups in total. The van der Waals surface area contributed by atoms with Gasteiger partial charge in [0.1, 0.15) is 11.6 Å². The van der Waals surface area contributed by atoms with Gasteiger partial charge in [0.15, 0.2) is 0 Å².